The highest BCUT2D eigenvalue weighted by molar-refractivity contribution is 7.10. The standard InChI is InChI=1S/C12H19ClN2S/c1-14-8-10-2-5-15(6-3-10)9-12-11(13)4-7-16-12/h4,7,10,14H,2-3,5-6,8-9H2,1H3. The number of nitrogens with one attached hydrogen (secondary N) is 1. The van der Waals surface area contributed by atoms with Gasteiger partial charge in [-0.25, -0.2) is 0 Å². The highest BCUT2D eigenvalue weighted by atomic mass is 35.5. The fourth-order valence-electron chi connectivity index (χ4n) is 2.28. The van der Waals surface area contributed by atoms with Crippen molar-refractivity contribution in [1.82, 2.24) is 10.2 Å². The molecule has 1 N–H and O–H groups in total. The third-order valence-corrected chi connectivity index (χ3v) is 4.63. The number of rotatable bonds is 4. The largest absolute Gasteiger partial charge is 0.319 e. The van der Waals surface area contributed by atoms with E-state index >= 15 is 0 Å². The molecule has 1 fully saturated rings. The number of hydrogen-bond acceptors (Lipinski definition) is 3. The summed E-state index contributed by atoms with van der Waals surface area (Å²) in [6, 6.07) is 2.00. The van der Waals surface area contributed by atoms with E-state index in [1.165, 1.54) is 30.8 Å². The van der Waals surface area contributed by atoms with Crippen molar-refractivity contribution in [2.75, 3.05) is 26.7 Å². The number of hydrogen-bond donors (Lipinski definition) is 1. The molecule has 0 amide bonds. The van der Waals surface area contributed by atoms with Crippen molar-refractivity contribution in [1.29, 1.82) is 0 Å². The Morgan fingerprint density at radius 2 is 2.25 bits per heavy atom. The van der Waals surface area contributed by atoms with Gasteiger partial charge >= 0.3 is 0 Å². The van der Waals surface area contributed by atoms with Crippen molar-refractivity contribution in [3.63, 3.8) is 0 Å². The van der Waals surface area contributed by atoms with Crippen molar-refractivity contribution in [2.24, 2.45) is 5.92 Å². The molecule has 16 heavy (non-hydrogen) atoms. The lowest BCUT2D eigenvalue weighted by molar-refractivity contribution is 0.178. The normalized spacial score (nSPS) is 19.1. The smallest absolute Gasteiger partial charge is 0.0558 e. The zero-order chi connectivity index (χ0) is 11.4. The van der Waals surface area contributed by atoms with Gasteiger partial charge in [-0.05, 0) is 56.9 Å². The molecule has 2 heterocycles. The third kappa shape index (κ3) is 3.20. The van der Waals surface area contributed by atoms with Gasteiger partial charge in [0.25, 0.3) is 0 Å². The average molecular weight is 259 g/mol. The van der Waals surface area contributed by atoms with Crippen LogP contribution in [0.25, 0.3) is 0 Å². The van der Waals surface area contributed by atoms with Gasteiger partial charge in [-0.3, -0.25) is 4.90 Å². The molecular weight excluding hydrogens is 240 g/mol. The summed E-state index contributed by atoms with van der Waals surface area (Å²) >= 11 is 7.88. The monoisotopic (exact) mass is 258 g/mol. The topological polar surface area (TPSA) is 15.3 Å². The molecule has 1 aliphatic heterocycles. The Morgan fingerprint density at radius 3 is 2.81 bits per heavy atom. The lowest BCUT2D eigenvalue weighted by atomic mass is 9.97. The van der Waals surface area contributed by atoms with E-state index in [1.54, 1.807) is 11.3 Å². The maximum atomic E-state index is 6.11. The first-order chi connectivity index (χ1) is 7.79. The van der Waals surface area contributed by atoms with Crippen molar-refractivity contribution in [3.05, 3.63) is 21.3 Å². The van der Waals surface area contributed by atoms with Crippen molar-refractivity contribution < 1.29 is 0 Å². The third-order valence-electron chi connectivity index (χ3n) is 3.26. The molecule has 1 saturated heterocycles. The molecule has 4 heteroatoms. The van der Waals surface area contributed by atoms with Gasteiger partial charge in [0, 0.05) is 11.4 Å². The molecule has 90 valence electrons. The van der Waals surface area contributed by atoms with E-state index in [9.17, 15) is 0 Å². The Balaban J connectivity index is 1.79. The number of halogens is 1. The summed E-state index contributed by atoms with van der Waals surface area (Å²) in [6.07, 6.45) is 2.62. The van der Waals surface area contributed by atoms with Crippen LogP contribution in [0, 0.1) is 5.92 Å². The minimum absolute atomic E-state index is 0.861. The van der Waals surface area contributed by atoms with Gasteiger partial charge in [-0.1, -0.05) is 11.6 Å². The predicted molar refractivity (Wildman–Crippen MR) is 71.3 cm³/mol. The van der Waals surface area contributed by atoms with Gasteiger partial charge in [0.1, 0.15) is 0 Å². The summed E-state index contributed by atoms with van der Waals surface area (Å²) < 4.78 is 0. The van der Waals surface area contributed by atoms with E-state index in [-0.39, 0.29) is 0 Å². The SMILES string of the molecule is CNCC1CCN(Cc2sccc2Cl)CC1. The molecule has 0 spiro atoms. The average Bonchev–Trinajstić information content (AvgIpc) is 2.68. The molecule has 2 nitrogen and oxygen atoms in total. The van der Waals surface area contributed by atoms with Crippen LogP contribution in [0.1, 0.15) is 17.7 Å². The highest BCUT2D eigenvalue weighted by Gasteiger charge is 2.19. The molecule has 0 atom stereocenters. The Hall–Kier alpha value is -0.0900. The maximum Gasteiger partial charge on any atom is 0.0558 e. The number of thiophene rings is 1. The van der Waals surface area contributed by atoms with Crippen LogP contribution in [-0.4, -0.2) is 31.6 Å². The first kappa shape index (κ1) is 12.4. The summed E-state index contributed by atoms with van der Waals surface area (Å²) in [5.74, 6) is 0.861. The van der Waals surface area contributed by atoms with E-state index in [0.717, 1.165) is 24.0 Å². The molecule has 1 aromatic heterocycles. The van der Waals surface area contributed by atoms with E-state index in [1.807, 2.05) is 13.1 Å². The lowest BCUT2D eigenvalue weighted by Crippen LogP contribution is -2.36. The summed E-state index contributed by atoms with van der Waals surface area (Å²) in [7, 11) is 2.04. The second kappa shape index (κ2) is 6.01. The fraction of sp³-hybridized carbons (Fsp3) is 0.667. The minimum Gasteiger partial charge on any atom is -0.319 e. The second-order valence-electron chi connectivity index (χ2n) is 4.47. The van der Waals surface area contributed by atoms with Crippen molar-refractivity contribution >= 4 is 22.9 Å². The zero-order valence-corrected chi connectivity index (χ0v) is 11.3. The van der Waals surface area contributed by atoms with Gasteiger partial charge in [-0.15, -0.1) is 11.3 Å². The molecule has 0 aliphatic carbocycles. The van der Waals surface area contributed by atoms with E-state index in [2.05, 4.69) is 15.6 Å². The Morgan fingerprint density at radius 1 is 1.50 bits per heavy atom. The summed E-state index contributed by atoms with van der Waals surface area (Å²) in [5.41, 5.74) is 0. The number of piperidine rings is 1. The number of nitrogens with zero attached hydrogens (tertiary/aromatic N) is 1. The highest BCUT2D eigenvalue weighted by Crippen LogP contribution is 2.25. The van der Waals surface area contributed by atoms with Crippen LogP contribution < -0.4 is 5.32 Å². The molecule has 1 aromatic rings. The van der Waals surface area contributed by atoms with Crippen LogP contribution in [-0.2, 0) is 6.54 Å². The molecule has 0 bridgehead atoms. The first-order valence-corrected chi connectivity index (χ1v) is 7.14. The zero-order valence-electron chi connectivity index (χ0n) is 9.71. The summed E-state index contributed by atoms with van der Waals surface area (Å²) in [5, 5.41) is 6.28. The molecule has 0 saturated carbocycles. The van der Waals surface area contributed by atoms with Crippen molar-refractivity contribution in [2.45, 2.75) is 19.4 Å². The van der Waals surface area contributed by atoms with Gasteiger partial charge < -0.3 is 5.32 Å². The quantitative estimate of drug-likeness (QED) is 0.894. The van der Waals surface area contributed by atoms with Crippen LogP contribution in [0.5, 0.6) is 0 Å². The lowest BCUT2D eigenvalue weighted by Gasteiger charge is -2.31. The molecule has 0 unspecified atom stereocenters. The van der Waals surface area contributed by atoms with Crippen LogP contribution in [0.4, 0.5) is 0 Å². The van der Waals surface area contributed by atoms with E-state index in [4.69, 9.17) is 11.6 Å². The van der Waals surface area contributed by atoms with Crippen LogP contribution in [0.2, 0.25) is 5.02 Å². The van der Waals surface area contributed by atoms with Crippen molar-refractivity contribution in [3.8, 4) is 0 Å². The predicted octanol–water partition coefficient (Wildman–Crippen LogP) is 2.83. The van der Waals surface area contributed by atoms with E-state index < -0.39 is 0 Å². The van der Waals surface area contributed by atoms with Crippen LogP contribution >= 0.6 is 22.9 Å². The first-order valence-electron chi connectivity index (χ1n) is 5.88. The summed E-state index contributed by atoms with van der Waals surface area (Å²) in [4.78, 5) is 3.83. The second-order valence-corrected chi connectivity index (χ2v) is 5.88. The molecule has 0 radical (unpaired) electrons. The Bertz CT molecular complexity index is 319. The maximum absolute atomic E-state index is 6.11. The van der Waals surface area contributed by atoms with Gasteiger partial charge in [0.2, 0.25) is 0 Å². The van der Waals surface area contributed by atoms with Gasteiger partial charge in [0.15, 0.2) is 0 Å². The Labute approximate surface area is 107 Å². The van der Waals surface area contributed by atoms with Crippen LogP contribution in [0.3, 0.4) is 0 Å². The van der Waals surface area contributed by atoms with Gasteiger partial charge in [0.05, 0.1) is 5.02 Å². The molecular formula is C12H19ClN2S. The minimum atomic E-state index is 0.861. The van der Waals surface area contributed by atoms with E-state index in [0.29, 0.717) is 0 Å². The Kier molecular flexibility index (Phi) is 4.65. The fourth-order valence-corrected chi connectivity index (χ4v) is 3.42. The summed E-state index contributed by atoms with van der Waals surface area (Å²) in [6.45, 7) is 4.61. The molecule has 2 rings (SSSR count). The number of likely N-dealkylation sites (tertiary alicyclic amines) is 1. The van der Waals surface area contributed by atoms with Crippen LogP contribution in [0.15, 0.2) is 11.4 Å². The van der Waals surface area contributed by atoms with Gasteiger partial charge in [-0.2, -0.15) is 0 Å². The molecule has 1 aliphatic rings. The molecule has 0 aromatic carbocycles.